The maximum Gasteiger partial charge on any atom is 0.0904 e. The molecule has 1 aliphatic heterocycles. The third kappa shape index (κ3) is 2.51. The van der Waals surface area contributed by atoms with Gasteiger partial charge < -0.3 is 0 Å². The zero-order valence-corrected chi connectivity index (χ0v) is 9.79. The molecule has 1 aromatic rings. The highest BCUT2D eigenvalue weighted by molar-refractivity contribution is 7.92. The molecule has 0 aliphatic carbocycles. The molecule has 0 nitrogen and oxygen atoms in total. The van der Waals surface area contributed by atoms with Gasteiger partial charge in [-0.25, -0.2) is 0 Å². The Morgan fingerprint density at radius 2 is 1.71 bits per heavy atom. The minimum absolute atomic E-state index is 0.154. The third-order valence-electron chi connectivity index (χ3n) is 3.68. The van der Waals surface area contributed by atoms with E-state index in [0.29, 0.717) is 0 Å². The predicted molar refractivity (Wildman–Crippen MR) is 87.3 cm³/mol. The minimum Gasteiger partial charge on any atom is -0.0961 e. The molecule has 0 amide bonds. The second-order valence-corrected chi connectivity index (χ2v) is 4.63. The minimum atomic E-state index is -0.186. The maximum absolute atomic E-state index is 6.09. The fourth-order valence-corrected chi connectivity index (χ4v) is 2.79. The molecule has 0 spiro atoms. The SMILES string of the molecule is [B][B]B([B])B1Cc2ccccc2B1B([B])[B][B]. The smallest absolute Gasteiger partial charge is 0.0904 e. The highest BCUT2D eigenvalue weighted by Crippen LogP contribution is 2.14. The molecule has 1 aromatic carbocycles. The summed E-state index contributed by atoms with van der Waals surface area (Å²) in [6.07, 6.45) is 0.574. The normalized spacial score (nSPS) is 13.2. The Kier molecular flexibility index (Phi) is 4.44. The Bertz CT molecular complexity index is 383. The van der Waals surface area contributed by atoms with Crippen molar-refractivity contribution in [3.05, 3.63) is 29.8 Å². The van der Waals surface area contributed by atoms with Crippen LogP contribution in [0.1, 0.15) is 5.56 Å². The van der Waals surface area contributed by atoms with E-state index in [4.69, 9.17) is 30.9 Å². The van der Waals surface area contributed by atoms with Crippen molar-refractivity contribution in [2.24, 2.45) is 0 Å². The van der Waals surface area contributed by atoms with Crippen LogP contribution in [0.5, 0.6) is 0 Å². The second-order valence-electron chi connectivity index (χ2n) is 4.63. The Balaban J connectivity index is 2.33. The van der Waals surface area contributed by atoms with Gasteiger partial charge in [0.05, 0.1) is 13.0 Å². The van der Waals surface area contributed by atoms with Gasteiger partial charge in [0.1, 0.15) is 0 Å². The number of rotatable bonds is 4. The summed E-state index contributed by atoms with van der Waals surface area (Å²) in [5.74, 6) is 0. The monoisotopic (exact) mass is 200 g/mol. The van der Waals surface area contributed by atoms with Crippen LogP contribution >= 0.6 is 0 Å². The average molecular weight is 198 g/mol. The molecule has 0 N–H and O–H groups in total. The van der Waals surface area contributed by atoms with Crippen LogP contribution in [-0.4, -0.2) is 70.8 Å². The van der Waals surface area contributed by atoms with Crippen molar-refractivity contribution in [2.75, 3.05) is 0 Å². The highest BCUT2D eigenvalue weighted by atomic mass is 14.0. The van der Waals surface area contributed by atoms with Gasteiger partial charge in [-0.3, -0.25) is 0 Å². The lowest BCUT2D eigenvalue weighted by molar-refractivity contribution is 1.44. The largest absolute Gasteiger partial charge is 0.0961 e. The summed E-state index contributed by atoms with van der Waals surface area (Å²) in [6.45, 7) is 0.387. The van der Waals surface area contributed by atoms with Crippen molar-refractivity contribution in [3.8, 4) is 0 Å². The number of hydrogen-bond donors (Lipinski definition) is 0. The van der Waals surface area contributed by atoms with Gasteiger partial charge in [-0.2, -0.15) is 0 Å². The van der Waals surface area contributed by atoms with Gasteiger partial charge in [0.15, 0.2) is 0 Å². The summed E-state index contributed by atoms with van der Waals surface area (Å²) in [7, 11) is 26.4. The lowest BCUT2D eigenvalue weighted by Crippen LogP contribution is -2.64. The van der Waals surface area contributed by atoms with Gasteiger partial charge in [-0.05, 0) is 0 Å². The Labute approximate surface area is 113 Å². The van der Waals surface area contributed by atoms with E-state index >= 15 is 0 Å². The standard InChI is InChI=1S/C7H6B10/c8-12-16(10)14-5-6-3-1-2-4-7(6)15(14)17(11)13-9/h1-4H,5H2. The molecule has 10 radical (unpaired) electrons. The molecule has 2 rings (SSSR count). The summed E-state index contributed by atoms with van der Waals surface area (Å²) in [5, 5.41) is 0. The van der Waals surface area contributed by atoms with Gasteiger partial charge in [-0.15, -0.1) is 0 Å². The first-order valence-electron chi connectivity index (χ1n) is 5.88. The lowest BCUT2D eigenvalue weighted by Gasteiger charge is -2.24. The van der Waals surface area contributed by atoms with Gasteiger partial charge in [0, 0.05) is 57.8 Å². The van der Waals surface area contributed by atoms with Crippen LogP contribution < -0.4 is 5.46 Å². The summed E-state index contributed by atoms with van der Waals surface area (Å²) in [5.41, 5.74) is 2.56. The molecular formula is C7H6B10. The van der Waals surface area contributed by atoms with Crippen LogP contribution in [0.25, 0.3) is 0 Å². The number of benzene rings is 1. The topological polar surface area (TPSA) is 0 Å². The van der Waals surface area contributed by atoms with E-state index in [1.54, 1.807) is 14.1 Å². The van der Waals surface area contributed by atoms with Crippen molar-refractivity contribution >= 4 is 76.3 Å². The Morgan fingerprint density at radius 1 is 1.06 bits per heavy atom. The molecule has 10 heteroatoms. The molecule has 0 bridgehead atoms. The molecule has 0 saturated heterocycles. The molecule has 1 heterocycles. The van der Waals surface area contributed by atoms with Crippen molar-refractivity contribution in [1.29, 1.82) is 0 Å². The van der Waals surface area contributed by atoms with E-state index in [1.807, 2.05) is 12.1 Å². The fraction of sp³-hybridized carbons (Fsp3) is 0.143. The van der Waals surface area contributed by atoms with Gasteiger partial charge >= 0.3 is 0 Å². The summed E-state index contributed by atoms with van der Waals surface area (Å²) < 4.78 is 0. The second kappa shape index (κ2) is 5.67. The highest BCUT2D eigenvalue weighted by Gasteiger charge is 2.41. The lowest BCUT2D eigenvalue weighted by atomic mass is 8.63. The van der Waals surface area contributed by atoms with E-state index in [-0.39, 0.29) is 25.8 Å². The van der Waals surface area contributed by atoms with E-state index in [1.165, 1.54) is 11.0 Å². The number of fused-ring (bicyclic) bond motifs is 1. The average Bonchev–Trinajstić information content (AvgIpc) is 2.76. The Morgan fingerprint density at radius 3 is 2.35 bits per heavy atom. The molecule has 0 unspecified atom stereocenters. The van der Waals surface area contributed by atoms with Crippen LogP contribution in [0.15, 0.2) is 24.3 Å². The van der Waals surface area contributed by atoms with Crippen molar-refractivity contribution in [1.82, 2.24) is 0 Å². The molecule has 0 aromatic heterocycles. The summed E-state index contributed by atoms with van der Waals surface area (Å²) in [4.78, 5) is 0. The number of hydrogen-bond acceptors (Lipinski definition) is 0. The molecule has 0 atom stereocenters. The van der Waals surface area contributed by atoms with Crippen LogP contribution in [-0.2, 0) is 6.32 Å². The molecule has 17 heavy (non-hydrogen) atoms. The first kappa shape index (κ1) is 13.3. The zero-order valence-electron chi connectivity index (χ0n) is 9.79. The van der Waals surface area contributed by atoms with Crippen LogP contribution in [0.2, 0.25) is 0 Å². The van der Waals surface area contributed by atoms with Gasteiger partial charge in [0.25, 0.3) is 0 Å². The van der Waals surface area contributed by atoms with E-state index in [2.05, 4.69) is 12.1 Å². The first-order valence-corrected chi connectivity index (χ1v) is 5.88. The Hall–Kier alpha value is -0.131. The van der Waals surface area contributed by atoms with Crippen molar-refractivity contribution in [2.45, 2.75) is 6.32 Å². The van der Waals surface area contributed by atoms with E-state index in [9.17, 15) is 0 Å². The van der Waals surface area contributed by atoms with E-state index in [0.717, 1.165) is 6.32 Å². The fourth-order valence-electron chi connectivity index (χ4n) is 2.79. The predicted octanol–water partition coefficient (Wildman–Crippen LogP) is -2.90. The van der Waals surface area contributed by atoms with Crippen molar-refractivity contribution < 1.29 is 0 Å². The quantitative estimate of drug-likeness (QED) is 0.455. The van der Waals surface area contributed by atoms with Crippen molar-refractivity contribution in [3.63, 3.8) is 0 Å². The first-order chi connectivity index (χ1) is 8.19. The molecule has 0 saturated carbocycles. The zero-order chi connectivity index (χ0) is 12.4. The van der Waals surface area contributed by atoms with E-state index < -0.39 is 0 Å². The van der Waals surface area contributed by atoms with Crippen LogP contribution in [0.3, 0.4) is 0 Å². The van der Waals surface area contributed by atoms with Crippen LogP contribution in [0.4, 0.5) is 0 Å². The summed E-state index contributed by atoms with van der Waals surface area (Å²) in [6, 6.07) is 8.28. The third-order valence-corrected chi connectivity index (χ3v) is 3.68. The molecule has 1 aliphatic rings. The maximum atomic E-state index is 6.09. The van der Waals surface area contributed by atoms with Crippen LogP contribution in [0, 0.1) is 0 Å². The molecule has 0 fully saturated rings. The molecular weight excluding hydrogens is 192 g/mol. The van der Waals surface area contributed by atoms with Gasteiger partial charge in [-0.1, -0.05) is 41.6 Å². The van der Waals surface area contributed by atoms with Gasteiger partial charge in [0.2, 0.25) is 0 Å². The summed E-state index contributed by atoms with van der Waals surface area (Å²) >= 11 is 0. The molecule has 64 valence electrons.